The predicted octanol–water partition coefficient (Wildman–Crippen LogP) is 3.53. The van der Waals surface area contributed by atoms with Crippen molar-refractivity contribution in [2.45, 2.75) is 70.0 Å². The number of nitrogens with one attached hydrogen (secondary N) is 3. The molecule has 3 aliphatic rings. The number of nitrogens with zero attached hydrogens (tertiary/aromatic N) is 2. The van der Waals surface area contributed by atoms with E-state index in [4.69, 9.17) is 16.3 Å². The predicted molar refractivity (Wildman–Crippen MR) is 138 cm³/mol. The van der Waals surface area contributed by atoms with Crippen LogP contribution in [0.1, 0.15) is 62.9 Å². The van der Waals surface area contributed by atoms with E-state index < -0.39 is 12.1 Å². The Kier molecular flexibility index (Phi) is 6.35. The number of hydrogen-bond acceptors (Lipinski definition) is 5. The second-order valence-electron chi connectivity index (χ2n) is 11.4. The van der Waals surface area contributed by atoms with Gasteiger partial charge in [-0.05, 0) is 69.6 Å². The third-order valence-electron chi connectivity index (χ3n) is 8.22. The maximum absolute atomic E-state index is 13.7. The van der Waals surface area contributed by atoms with E-state index in [1.54, 1.807) is 30.2 Å². The van der Waals surface area contributed by atoms with Crippen LogP contribution in [0.4, 0.5) is 0 Å². The number of aromatic amines is 1. The molecule has 1 spiro atoms. The van der Waals surface area contributed by atoms with Crippen molar-refractivity contribution in [1.29, 1.82) is 5.26 Å². The minimum absolute atomic E-state index is 0.0729. The molecule has 37 heavy (non-hydrogen) atoms. The quantitative estimate of drug-likeness (QED) is 0.531. The summed E-state index contributed by atoms with van der Waals surface area (Å²) in [5.74, 6) is -0.489. The average molecular weight is 526 g/mol. The van der Waals surface area contributed by atoms with Gasteiger partial charge in [0.1, 0.15) is 23.5 Å². The zero-order chi connectivity index (χ0) is 26.5. The molecule has 10 heteroatoms. The SMILES string of the molecule is COc1ccc(Cl)c2[nH]c(C(=O)N3CC4(CCC4)CC3C(=O)NC(C#N)CC3CC(C)(C)NC3=O)cc12. The maximum Gasteiger partial charge on any atom is 0.271 e. The van der Waals surface area contributed by atoms with E-state index in [1.165, 1.54) is 0 Å². The molecule has 2 saturated heterocycles. The monoisotopic (exact) mass is 525 g/mol. The van der Waals surface area contributed by atoms with Crippen molar-refractivity contribution in [1.82, 2.24) is 20.5 Å². The Labute approximate surface area is 220 Å². The van der Waals surface area contributed by atoms with Gasteiger partial charge >= 0.3 is 0 Å². The molecule has 1 aliphatic carbocycles. The Morgan fingerprint density at radius 3 is 2.68 bits per heavy atom. The van der Waals surface area contributed by atoms with Crippen LogP contribution in [0.5, 0.6) is 5.75 Å². The Morgan fingerprint density at radius 1 is 1.32 bits per heavy atom. The number of hydrogen-bond donors (Lipinski definition) is 3. The summed E-state index contributed by atoms with van der Waals surface area (Å²) >= 11 is 6.36. The summed E-state index contributed by atoms with van der Waals surface area (Å²) in [4.78, 5) is 44.3. The number of fused-ring (bicyclic) bond motifs is 1. The third-order valence-corrected chi connectivity index (χ3v) is 8.54. The molecule has 9 nitrogen and oxygen atoms in total. The number of H-pyrrole nitrogens is 1. The van der Waals surface area contributed by atoms with Crippen LogP contribution >= 0.6 is 11.6 Å². The fraction of sp³-hybridized carbons (Fsp3) is 0.556. The van der Waals surface area contributed by atoms with E-state index in [1.807, 2.05) is 13.8 Å². The van der Waals surface area contributed by atoms with E-state index in [0.717, 1.165) is 19.3 Å². The van der Waals surface area contributed by atoms with Gasteiger partial charge in [0.2, 0.25) is 11.8 Å². The molecule has 2 aromatic rings. The van der Waals surface area contributed by atoms with Crippen LogP contribution in [0.3, 0.4) is 0 Å². The second-order valence-corrected chi connectivity index (χ2v) is 11.8. The van der Waals surface area contributed by atoms with Gasteiger partial charge in [0, 0.05) is 23.4 Å². The number of ether oxygens (including phenoxy) is 1. The lowest BCUT2D eigenvalue weighted by Crippen LogP contribution is -2.49. The van der Waals surface area contributed by atoms with E-state index in [9.17, 15) is 19.6 Å². The molecule has 3 atom stereocenters. The molecule has 3 N–H and O–H groups in total. The molecule has 3 heterocycles. The molecule has 2 aliphatic heterocycles. The fourth-order valence-corrected chi connectivity index (χ4v) is 6.44. The lowest BCUT2D eigenvalue weighted by atomic mass is 9.67. The van der Waals surface area contributed by atoms with Crippen LogP contribution < -0.4 is 15.4 Å². The minimum atomic E-state index is -0.816. The highest BCUT2D eigenvalue weighted by Crippen LogP contribution is 2.50. The van der Waals surface area contributed by atoms with Gasteiger partial charge in [0.25, 0.3) is 5.91 Å². The van der Waals surface area contributed by atoms with E-state index >= 15 is 0 Å². The van der Waals surface area contributed by atoms with Crippen molar-refractivity contribution in [3.8, 4) is 11.8 Å². The first-order chi connectivity index (χ1) is 17.5. The number of likely N-dealkylation sites (tertiary alicyclic amines) is 1. The number of amides is 3. The van der Waals surface area contributed by atoms with Gasteiger partial charge in [-0.2, -0.15) is 5.26 Å². The van der Waals surface area contributed by atoms with Crippen LogP contribution in [-0.2, 0) is 9.59 Å². The van der Waals surface area contributed by atoms with Crippen LogP contribution in [0.25, 0.3) is 10.9 Å². The van der Waals surface area contributed by atoms with Crippen molar-refractivity contribution >= 4 is 40.2 Å². The van der Waals surface area contributed by atoms with Crippen LogP contribution in [0.15, 0.2) is 18.2 Å². The molecular weight excluding hydrogens is 494 g/mol. The molecule has 0 radical (unpaired) electrons. The number of halogens is 1. The second kappa shape index (κ2) is 9.25. The fourth-order valence-electron chi connectivity index (χ4n) is 6.23. The molecule has 1 saturated carbocycles. The van der Waals surface area contributed by atoms with E-state index in [-0.39, 0.29) is 41.0 Å². The van der Waals surface area contributed by atoms with Crippen molar-refractivity contribution in [2.75, 3.05) is 13.7 Å². The number of carbonyl (C=O) groups excluding carboxylic acids is 3. The summed E-state index contributed by atoms with van der Waals surface area (Å²) in [6.07, 6.45) is 4.40. The number of nitriles is 1. The highest BCUT2D eigenvalue weighted by molar-refractivity contribution is 6.35. The zero-order valence-electron chi connectivity index (χ0n) is 21.3. The minimum Gasteiger partial charge on any atom is -0.496 e. The Balaban J connectivity index is 1.36. The lowest BCUT2D eigenvalue weighted by Gasteiger charge is -2.37. The molecule has 1 aromatic heterocycles. The summed E-state index contributed by atoms with van der Waals surface area (Å²) in [5, 5.41) is 16.7. The molecule has 5 rings (SSSR count). The average Bonchev–Trinajstić information content (AvgIpc) is 3.52. The molecule has 1 aromatic carbocycles. The number of methoxy groups -OCH3 is 1. The van der Waals surface area contributed by atoms with Crippen molar-refractivity contribution in [2.24, 2.45) is 11.3 Å². The van der Waals surface area contributed by atoms with Gasteiger partial charge in [-0.3, -0.25) is 14.4 Å². The highest BCUT2D eigenvalue weighted by atomic mass is 35.5. The van der Waals surface area contributed by atoms with Crippen LogP contribution in [-0.4, -0.2) is 58.9 Å². The Hall–Kier alpha value is -3.25. The van der Waals surface area contributed by atoms with E-state index in [2.05, 4.69) is 21.7 Å². The number of rotatable bonds is 6. The van der Waals surface area contributed by atoms with E-state index in [0.29, 0.717) is 46.8 Å². The van der Waals surface area contributed by atoms with Crippen molar-refractivity contribution < 1.29 is 19.1 Å². The molecular formula is C27H32ClN5O4. The Morgan fingerprint density at radius 2 is 2.08 bits per heavy atom. The normalized spacial score (nSPS) is 24.4. The molecule has 196 valence electrons. The Bertz CT molecular complexity index is 1310. The smallest absolute Gasteiger partial charge is 0.271 e. The summed E-state index contributed by atoms with van der Waals surface area (Å²) in [6.45, 7) is 4.37. The topological polar surface area (TPSA) is 127 Å². The van der Waals surface area contributed by atoms with Gasteiger partial charge in [-0.25, -0.2) is 0 Å². The largest absolute Gasteiger partial charge is 0.496 e. The van der Waals surface area contributed by atoms with Crippen molar-refractivity contribution in [3.63, 3.8) is 0 Å². The third kappa shape index (κ3) is 4.63. The van der Waals surface area contributed by atoms with Gasteiger partial charge in [-0.15, -0.1) is 0 Å². The summed E-state index contributed by atoms with van der Waals surface area (Å²) in [5.41, 5.74) is 0.529. The van der Waals surface area contributed by atoms with Crippen LogP contribution in [0, 0.1) is 22.7 Å². The first-order valence-corrected chi connectivity index (χ1v) is 13.1. The van der Waals surface area contributed by atoms with Crippen LogP contribution in [0.2, 0.25) is 5.02 Å². The summed E-state index contributed by atoms with van der Waals surface area (Å²) in [6, 6.07) is 5.79. The standard InChI is InChI=1S/C27H32ClN5O4/c1-26(2)11-15(23(34)32-26)9-16(13-29)30-24(35)20-12-27(7-4-8-27)14-33(20)25(36)19-10-17-21(37-3)6-5-18(28)22(17)31-19/h5-6,10,15-16,20,31H,4,7-9,11-12,14H2,1-3H3,(H,30,35)(H,32,34). The molecule has 0 bridgehead atoms. The maximum atomic E-state index is 13.7. The summed E-state index contributed by atoms with van der Waals surface area (Å²) in [7, 11) is 1.56. The van der Waals surface area contributed by atoms with Gasteiger partial charge < -0.3 is 25.3 Å². The van der Waals surface area contributed by atoms with Gasteiger partial charge in [-0.1, -0.05) is 18.0 Å². The van der Waals surface area contributed by atoms with Gasteiger partial charge in [0.15, 0.2) is 0 Å². The zero-order valence-corrected chi connectivity index (χ0v) is 22.1. The van der Waals surface area contributed by atoms with Gasteiger partial charge in [0.05, 0.1) is 23.7 Å². The highest BCUT2D eigenvalue weighted by Gasteiger charge is 2.52. The number of benzene rings is 1. The first kappa shape index (κ1) is 25.4. The molecule has 3 fully saturated rings. The number of aromatic nitrogens is 1. The lowest BCUT2D eigenvalue weighted by molar-refractivity contribution is -0.126. The van der Waals surface area contributed by atoms with Crippen molar-refractivity contribution in [3.05, 3.63) is 28.9 Å². The number of carbonyl (C=O) groups is 3. The first-order valence-electron chi connectivity index (χ1n) is 12.7. The molecule has 3 amide bonds. The molecule has 3 unspecified atom stereocenters. The summed E-state index contributed by atoms with van der Waals surface area (Å²) < 4.78 is 5.42.